The summed E-state index contributed by atoms with van der Waals surface area (Å²) < 4.78 is 13.0. The van der Waals surface area contributed by atoms with Gasteiger partial charge >= 0.3 is 0 Å². The molecule has 180 valence electrons. The average molecular weight is 475 g/mol. The summed E-state index contributed by atoms with van der Waals surface area (Å²) in [5.41, 5.74) is 3.36. The SMILES string of the molecule is COc1cc(C2CN3CCN(C(=O)Cc4cnc(-n5cnnn5)cc4C)CC3CO2)ccc1C#N. The molecular weight excluding hydrogens is 448 g/mol. The van der Waals surface area contributed by atoms with Crippen molar-refractivity contribution in [1.29, 1.82) is 5.26 Å². The zero-order chi connectivity index (χ0) is 24.4. The van der Waals surface area contributed by atoms with E-state index in [-0.39, 0.29) is 18.1 Å². The van der Waals surface area contributed by atoms with Crippen molar-refractivity contribution < 1.29 is 14.3 Å². The second-order valence-electron chi connectivity index (χ2n) is 8.78. The van der Waals surface area contributed by atoms with Crippen LogP contribution in [0.4, 0.5) is 0 Å². The van der Waals surface area contributed by atoms with E-state index in [0.717, 1.165) is 29.8 Å². The minimum absolute atomic E-state index is 0.0867. The van der Waals surface area contributed by atoms with Crippen molar-refractivity contribution in [2.45, 2.75) is 25.5 Å². The first-order valence-electron chi connectivity index (χ1n) is 11.5. The van der Waals surface area contributed by atoms with Gasteiger partial charge in [0.25, 0.3) is 0 Å². The van der Waals surface area contributed by atoms with E-state index in [9.17, 15) is 10.1 Å². The van der Waals surface area contributed by atoms with Gasteiger partial charge in [0.15, 0.2) is 5.82 Å². The van der Waals surface area contributed by atoms with Crippen LogP contribution in [0, 0.1) is 18.3 Å². The highest BCUT2D eigenvalue weighted by Gasteiger charge is 2.35. The van der Waals surface area contributed by atoms with Gasteiger partial charge in [0, 0.05) is 32.4 Å². The molecule has 11 nitrogen and oxygen atoms in total. The number of hydrogen-bond acceptors (Lipinski definition) is 9. The molecule has 0 radical (unpaired) electrons. The Hall–Kier alpha value is -3.88. The molecule has 0 saturated carbocycles. The van der Waals surface area contributed by atoms with Crippen LogP contribution in [0.1, 0.15) is 28.4 Å². The molecule has 2 aromatic heterocycles. The first-order chi connectivity index (χ1) is 17.1. The third-order valence-corrected chi connectivity index (χ3v) is 6.70. The lowest BCUT2D eigenvalue weighted by molar-refractivity contribution is -0.139. The van der Waals surface area contributed by atoms with Gasteiger partial charge in [-0.3, -0.25) is 9.69 Å². The van der Waals surface area contributed by atoms with Crippen LogP contribution in [0.2, 0.25) is 0 Å². The summed E-state index contributed by atoms with van der Waals surface area (Å²) in [5, 5.41) is 20.3. The number of piperazine rings is 1. The Morgan fingerprint density at radius 1 is 1.29 bits per heavy atom. The molecule has 1 aromatic carbocycles. The van der Waals surface area contributed by atoms with Gasteiger partial charge in [0.2, 0.25) is 5.91 Å². The monoisotopic (exact) mass is 474 g/mol. The van der Waals surface area contributed by atoms with Crippen LogP contribution in [-0.4, -0.2) is 86.8 Å². The van der Waals surface area contributed by atoms with Gasteiger partial charge in [0.05, 0.1) is 37.8 Å². The van der Waals surface area contributed by atoms with Crippen LogP contribution < -0.4 is 4.74 Å². The predicted octanol–water partition coefficient (Wildman–Crippen LogP) is 1.07. The molecule has 2 fully saturated rings. The summed E-state index contributed by atoms with van der Waals surface area (Å²) in [7, 11) is 1.56. The number of nitriles is 1. The van der Waals surface area contributed by atoms with Crippen molar-refractivity contribution in [2.75, 3.05) is 39.9 Å². The molecule has 2 saturated heterocycles. The lowest BCUT2D eigenvalue weighted by atomic mass is 10.0. The molecule has 2 unspecified atom stereocenters. The van der Waals surface area contributed by atoms with Crippen molar-refractivity contribution >= 4 is 5.91 Å². The normalized spacial score (nSPS) is 20.2. The molecule has 2 aliphatic rings. The number of carbonyl (C=O) groups excluding carboxylic acids is 1. The number of amides is 1. The molecular formula is C24H26N8O3. The number of hydrogen-bond donors (Lipinski definition) is 0. The van der Waals surface area contributed by atoms with E-state index in [4.69, 9.17) is 9.47 Å². The maximum Gasteiger partial charge on any atom is 0.227 e. The lowest BCUT2D eigenvalue weighted by Crippen LogP contribution is -2.59. The number of methoxy groups -OCH3 is 1. The Morgan fingerprint density at radius 3 is 2.91 bits per heavy atom. The molecule has 0 spiro atoms. The third kappa shape index (κ3) is 4.71. The van der Waals surface area contributed by atoms with E-state index in [2.05, 4.69) is 31.5 Å². The molecule has 0 aliphatic carbocycles. The van der Waals surface area contributed by atoms with Crippen LogP contribution in [-0.2, 0) is 16.0 Å². The van der Waals surface area contributed by atoms with E-state index in [1.165, 1.54) is 11.0 Å². The average Bonchev–Trinajstić information content (AvgIpc) is 3.44. The molecule has 5 rings (SSSR count). The number of aromatic nitrogens is 5. The Kier molecular flexibility index (Phi) is 6.39. The molecule has 2 atom stereocenters. The molecule has 2 aliphatic heterocycles. The third-order valence-electron chi connectivity index (χ3n) is 6.70. The zero-order valence-corrected chi connectivity index (χ0v) is 19.7. The Balaban J connectivity index is 1.19. The summed E-state index contributed by atoms with van der Waals surface area (Å²) >= 11 is 0. The largest absolute Gasteiger partial charge is 0.495 e. The number of ether oxygens (including phenoxy) is 2. The Bertz CT molecular complexity index is 1260. The van der Waals surface area contributed by atoms with E-state index in [1.54, 1.807) is 19.4 Å². The van der Waals surface area contributed by atoms with Gasteiger partial charge < -0.3 is 14.4 Å². The minimum Gasteiger partial charge on any atom is -0.495 e. The topological polar surface area (TPSA) is 122 Å². The van der Waals surface area contributed by atoms with E-state index in [0.29, 0.717) is 43.2 Å². The van der Waals surface area contributed by atoms with Crippen molar-refractivity contribution in [3.63, 3.8) is 0 Å². The van der Waals surface area contributed by atoms with Crippen LogP contribution >= 0.6 is 0 Å². The standard InChI is InChI=1S/C24H26N8O3/c1-16-7-23(32-15-27-28-29-32)26-11-19(16)9-24(33)31-6-5-30-13-22(35-14-20(30)12-31)17-3-4-18(10-25)21(8-17)34-2/h3-4,7-8,11,15,20,22H,5-6,9,12-14H2,1-2H3. The Morgan fingerprint density at radius 2 is 2.17 bits per heavy atom. The quantitative estimate of drug-likeness (QED) is 0.534. The fourth-order valence-corrected chi connectivity index (χ4v) is 4.63. The first kappa shape index (κ1) is 22.9. The van der Waals surface area contributed by atoms with E-state index >= 15 is 0 Å². The second-order valence-corrected chi connectivity index (χ2v) is 8.78. The molecule has 4 heterocycles. The fourth-order valence-electron chi connectivity index (χ4n) is 4.63. The summed E-state index contributed by atoms with van der Waals surface area (Å²) in [6.45, 7) is 5.34. The number of rotatable bonds is 5. The molecule has 35 heavy (non-hydrogen) atoms. The Labute approximate surface area is 202 Å². The number of carbonyl (C=O) groups is 1. The molecule has 1 amide bonds. The van der Waals surface area contributed by atoms with E-state index in [1.807, 2.05) is 30.0 Å². The maximum absolute atomic E-state index is 13.1. The van der Waals surface area contributed by atoms with Gasteiger partial charge in [0.1, 0.15) is 18.1 Å². The fraction of sp³-hybridized carbons (Fsp3) is 0.417. The smallest absolute Gasteiger partial charge is 0.227 e. The van der Waals surface area contributed by atoms with Gasteiger partial charge in [-0.1, -0.05) is 6.07 Å². The minimum atomic E-state index is -0.0948. The van der Waals surface area contributed by atoms with E-state index < -0.39 is 0 Å². The molecule has 0 bridgehead atoms. The molecule has 3 aromatic rings. The maximum atomic E-state index is 13.1. The highest BCUT2D eigenvalue weighted by atomic mass is 16.5. The van der Waals surface area contributed by atoms with Crippen molar-refractivity contribution in [1.82, 2.24) is 35.0 Å². The van der Waals surface area contributed by atoms with Crippen LogP contribution in [0.5, 0.6) is 5.75 Å². The second kappa shape index (κ2) is 9.77. The van der Waals surface area contributed by atoms with Gasteiger partial charge in [-0.25, -0.2) is 4.98 Å². The number of pyridine rings is 1. The number of tetrazole rings is 1. The van der Waals surface area contributed by atoms with Crippen LogP contribution in [0.25, 0.3) is 5.82 Å². The predicted molar refractivity (Wildman–Crippen MR) is 124 cm³/mol. The zero-order valence-electron chi connectivity index (χ0n) is 19.7. The van der Waals surface area contributed by atoms with Gasteiger partial charge in [-0.15, -0.1) is 5.10 Å². The summed E-state index contributed by atoms with van der Waals surface area (Å²) in [4.78, 5) is 21.8. The first-order valence-corrected chi connectivity index (χ1v) is 11.5. The van der Waals surface area contributed by atoms with Crippen LogP contribution in [0.15, 0.2) is 36.8 Å². The highest BCUT2D eigenvalue weighted by Crippen LogP contribution is 2.30. The molecule has 11 heteroatoms. The lowest BCUT2D eigenvalue weighted by Gasteiger charge is -2.46. The number of nitrogens with zero attached hydrogens (tertiary/aromatic N) is 8. The molecule has 0 N–H and O–H groups in total. The summed E-state index contributed by atoms with van der Waals surface area (Å²) in [6.07, 6.45) is 3.42. The van der Waals surface area contributed by atoms with Crippen molar-refractivity contribution in [3.05, 3.63) is 59.0 Å². The highest BCUT2D eigenvalue weighted by molar-refractivity contribution is 5.79. The van der Waals surface area contributed by atoms with Crippen molar-refractivity contribution in [3.8, 4) is 17.6 Å². The van der Waals surface area contributed by atoms with Gasteiger partial charge in [-0.05, 0) is 52.2 Å². The number of fused-ring (bicyclic) bond motifs is 1. The van der Waals surface area contributed by atoms with Crippen molar-refractivity contribution in [2.24, 2.45) is 0 Å². The van der Waals surface area contributed by atoms with Crippen LogP contribution in [0.3, 0.4) is 0 Å². The number of benzene rings is 1. The van der Waals surface area contributed by atoms with Gasteiger partial charge in [-0.2, -0.15) is 9.94 Å². The number of morpholine rings is 1. The number of aryl methyl sites for hydroxylation is 1. The summed E-state index contributed by atoms with van der Waals surface area (Å²) in [5.74, 6) is 1.26. The summed E-state index contributed by atoms with van der Waals surface area (Å²) in [6, 6.07) is 9.75.